The topological polar surface area (TPSA) is 69.4 Å². The van der Waals surface area contributed by atoms with Gasteiger partial charge in [0.1, 0.15) is 0 Å². The Kier molecular flexibility index (Phi) is 3.92. The highest BCUT2D eigenvalue weighted by Gasteiger charge is 2.57. The summed E-state index contributed by atoms with van der Waals surface area (Å²) >= 11 is 0. The molecule has 128 valence electrons. The second-order valence-corrected chi connectivity index (χ2v) is 6.78. The molecule has 1 aliphatic carbocycles. The van der Waals surface area contributed by atoms with Crippen LogP contribution in [0, 0.1) is 5.41 Å². The quantitative estimate of drug-likeness (QED) is 0.909. The van der Waals surface area contributed by atoms with Gasteiger partial charge in [-0.1, -0.05) is 11.2 Å². The van der Waals surface area contributed by atoms with E-state index in [1.165, 1.54) is 19.3 Å². The van der Waals surface area contributed by atoms with Crippen molar-refractivity contribution in [1.29, 1.82) is 0 Å². The number of benzene rings is 1. The molecule has 1 spiro atoms. The van der Waals surface area contributed by atoms with E-state index in [9.17, 15) is 0 Å². The van der Waals surface area contributed by atoms with E-state index in [1.54, 1.807) is 14.2 Å². The number of hydrogen-bond donors (Lipinski definition) is 1. The first kappa shape index (κ1) is 15.4. The average Bonchev–Trinajstić information content (AvgIpc) is 3.10. The molecule has 6 nitrogen and oxygen atoms in total. The van der Waals surface area contributed by atoms with Crippen LogP contribution in [0.4, 0.5) is 0 Å². The summed E-state index contributed by atoms with van der Waals surface area (Å²) in [6.45, 7) is 2.20. The summed E-state index contributed by atoms with van der Waals surface area (Å²) in [5.41, 5.74) is 1.49. The normalized spacial score (nSPS) is 21.7. The van der Waals surface area contributed by atoms with E-state index in [0.29, 0.717) is 17.8 Å². The lowest BCUT2D eigenvalue weighted by Gasteiger charge is -2.22. The van der Waals surface area contributed by atoms with Crippen LogP contribution in [0.15, 0.2) is 22.7 Å². The maximum Gasteiger partial charge on any atom is 0.230 e. The SMILES string of the molecule is COc1ccc(Cc2noc(C3CC34CCNCC4)n2)cc1OC. The molecule has 1 N–H and O–H groups in total. The minimum absolute atomic E-state index is 0.415. The van der Waals surface area contributed by atoms with Gasteiger partial charge in [0.2, 0.25) is 5.89 Å². The smallest absolute Gasteiger partial charge is 0.230 e. The van der Waals surface area contributed by atoms with E-state index < -0.39 is 0 Å². The van der Waals surface area contributed by atoms with Gasteiger partial charge in [0, 0.05) is 12.3 Å². The number of piperidine rings is 1. The van der Waals surface area contributed by atoms with Gasteiger partial charge in [0.15, 0.2) is 17.3 Å². The highest BCUT2D eigenvalue weighted by Crippen LogP contribution is 2.63. The summed E-state index contributed by atoms with van der Waals surface area (Å²) in [6, 6.07) is 5.86. The number of nitrogens with one attached hydrogen (secondary N) is 1. The van der Waals surface area contributed by atoms with Gasteiger partial charge < -0.3 is 19.3 Å². The fourth-order valence-electron chi connectivity index (χ4n) is 3.83. The van der Waals surface area contributed by atoms with Crippen molar-refractivity contribution >= 4 is 0 Å². The molecule has 0 radical (unpaired) electrons. The zero-order valence-electron chi connectivity index (χ0n) is 14.2. The Hall–Kier alpha value is -2.08. The van der Waals surface area contributed by atoms with Crippen LogP contribution in [0.25, 0.3) is 0 Å². The van der Waals surface area contributed by atoms with Gasteiger partial charge in [0.05, 0.1) is 14.2 Å². The fourth-order valence-corrected chi connectivity index (χ4v) is 3.83. The molecule has 2 aromatic rings. The van der Waals surface area contributed by atoms with E-state index >= 15 is 0 Å². The molecule has 24 heavy (non-hydrogen) atoms. The van der Waals surface area contributed by atoms with Gasteiger partial charge in [-0.15, -0.1) is 0 Å². The van der Waals surface area contributed by atoms with Crippen LogP contribution in [-0.4, -0.2) is 37.4 Å². The Morgan fingerprint density at radius 3 is 2.75 bits per heavy atom. The molecule has 1 aromatic heterocycles. The number of ether oxygens (including phenoxy) is 2. The molecule has 0 bridgehead atoms. The van der Waals surface area contributed by atoms with Crippen molar-refractivity contribution in [2.24, 2.45) is 5.41 Å². The van der Waals surface area contributed by atoms with Gasteiger partial charge in [-0.25, -0.2) is 0 Å². The van der Waals surface area contributed by atoms with E-state index in [4.69, 9.17) is 14.0 Å². The first-order valence-corrected chi connectivity index (χ1v) is 8.48. The summed E-state index contributed by atoms with van der Waals surface area (Å²) in [7, 11) is 3.27. The Labute approximate surface area is 141 Å². The molecule has 2 heterocycles. The van der Waals surface area contributed by atoms with Crippen molar-refractivity contribution in [2.45, 2.75) is 31.6 Å². The maximum absolute atomic E-state index is 5.55. The monoisotopic (exact) mass is 329 g/mol. The first-order valence-electron chi connectivity index (χ1n) is 8.48. The Morgan fingerprint density at radius 1 is 1.21 bits per heavy atom. The van der Waals surface area contributed by atoms with Gasteiger partial charge in [0.25, 0.3) is 0 Å². The third-order valence-electron chi connectivity index (χ3n) is 5.38. The van der Waals surface area contributed by atoms with Crippen molar-refractivity contribution in [2.75, 3.05) is 27.3 Å². The Morgan fingerprint density at radius 2 is 2.00 bits per heavy atom. The standard InChI is InChI=1S/C18H23N3O3/c1-22-14-4-3-12(9-15(14)23-2)10-16-20-17(24-21-16)13-11-18(13)5-7-19-8-6-18/h3-4,9,13,19H,5-8,10-11H2,1-2H3. The number of nitrogens with zero attached hydrogens (tertiary/aromatic N) is 2. The molecule has 1 saturated heterocycles. The highest BCUT2D eigenvalue weighted by molar-refractivity contribution is 5.43. The summed E-state index contributed by atoms with van der Waals surface area (Å²) in [5, 5.41) is 7.60. The van der Waals surface area contributed by atoms with Crippen LogP contribution < -0.4 is 14.8 Å². The third kappa shape index (κ3) is 2.75. The van der Waals surface area contributed by atoms with Crippen molar-refractivity contribution in [3.8, 4) is 11.5 Å². The van der Waals surface area contributed by atoms with E-state index in [2.05, 4.69) is 15.5 Å². The number of aromatic nitrogens is 2. The van der Waals surface area contributed by atoms with Crippen LogP contribution in [0.1, 0.15) is 42.5 Å². The number of rotatable bonds is 5. The lowest BCUT2D eigenvalue weighted by molar-refractivity contribution is 0.310. The molecule has 1 aliphatic heterocycles. The molecule has 1 saturated carbocycles. The summed E-state index contributed by atoms with van der Waals surface area (Å²) in [5.74, 6) is 3.43. The van der Waals surface area contributed by atoms with E-state index in [-0.39, 0.29) is 0 Å². The van der Waals surface area contributed by atoms with E-state index in [1.807, 2.05) is 18.2 Å². The van der Waals surface area contributed by atoms with Crippen LogP contribution in [0.5, 0.6) is 11.5 Å². The molecular weight excluding hydrogens is 306 g/mol. The minimum Gasteiger partial charge on any atom is -0.493 e. The Bertz CT molecular complexity index is 722. The molecule has 2 aliphatic rings. The summed E-state index contributed by atoms with van der Waals surface area (Å²) < 4.78 is 16.2. The molecule has 4 rings (SSSR count). The maximum atomic E-state index is 5.55. The van der Waals surface area contributed by atoms with Crippen molar-refractivity contribution in [1.82, 2.24) is 15.5 Å². The highest BCUT2D eigenvalue weighted by atomic mass is 16.5. The average molecular weight is 329 g/mol. The van der Waals surface area contributed by atoms with Crippen LogP contribution >= 0.6 is 0 Å². The zero-order valence-corrected chi connectivity index (χ0v) is 14.2. The number of methoxy groups -OCH3 is 2. The predicted octanol–water partition coefficient (Wildman–Crippen LogP) is 2.53. The second kappa shape index (κ2) is 6.09. The Balaban J connectivity index is 1.46. The van der Waals surface area contributed by atoms with Crippen LogP contribution in [0.3, 0.4) is 0 Å². The molecule has 6 heteroatoms. The molecule has 0 amide bonds. The fraction of sp³-hybridized carbons (Fsp3) is 0.556. The van der Waals surface area contributed by atoms with Gasteiger partial charge >= 0.3 is 0 Å². The van der Waals surface area contributed by atoms with Crippen molar-refractivity contribution in [3.63, 3.8) is 0 Å². The zero-order chi connectivity index (χ0) is 16.6. The third-order valence-corrected chi connectivity index (χ3v) is 5.38. The summed E-state index contributed by atoms with van der Waals surface area (Å²) in [4.78, 5) is 4.64. The number of hydrogen-bond acceptors (Lipinski definition) is 6. The van der Waals surface area contributed by atoms with Gasteiger partial charge in [-0.2, -0.15) is 4.98 Å². The predicted molar refractivity (Wildman–Crippen MR) is 88.5 cm³/mol. The molecule has 1 atom stereocenters. The van der Waals surface area contributed by atoms with E-state index in [0.717, 1.165) is 41.9 Å². The second-order valence-electron chi connectivity index (χ2n) is 6.78. The van der Waals surface area contributed by atoms with Crippen LogP contribution in [0.2, 0.25) is 0 Å². The molecule has 2 fully saturated rings. The van der Waals surface area contributed by atoms with Crippen LogP contribution in [-0.2, 0) is 6.42 Å². The van der Waals surface area contributed by atoms with Gasteiger partial charge in [-0.05, 0) is 55.5 Å². The minimum atomic E-state index is 0.415. The lowest BCUT2D eigenvalue weighted by Crippen LogP contribution is -2.29. The molecule has 1 aromatic carbocycles. The molecule has 1 unspecified atom stereocenters. The first-order chi connectivity index (χ1) is 11.7. The summed E-state index contributed by atoms with van der Waals surface area (Å²) in [6.07, 6.45) is 4.24. The molecular formula is C18H23N3O3. The lowest BCUT2D eigenvalue weighted by atomic mass is 9.92. The van der Waals surface area contributed by atoms with Crippen molar-refractivity contribution < 1.29 is 14.0 Å². The largest absolute Gasteiger partial charge is 0.493 e. The van der Waals surface area contributed by atoms with Gasteiger partial charge in [-0.3, -0.25) is 0 Å². The van der Waals surface area contributed by atoms with Crippen molar-refractivity contribution in [3.05, 3.63) is 35.5 Å².